The highest BCUT2D eigenvalue weighted by molar-refractivity contribution is 7.84. The van der Waals surface area contributed by atoms with E-state index in [-0.39, 0.29) is 11.2 Å². The van der Waals surface area contributed by atoms with Crippen LogP contribution in [-0.4, -0.2) is 26.5 Å². The zero-order valence-corrected chi connectivity index (χ0v) is 9.82. The van der Waals surface area contributed by atoms with E-state index in [9.17, 15) is 4.21 Å². The highest BCUT2D eigenvalue weighted by Crippen LogP contribution is 2.13. The molecule has 1 unspecified atom stereocenters. The molecule has 0 radical (unpaired) electrons. The predicted molar refractivity (Wildman–Crippen MR) is 58.1 cm³/mol. The second-order valence-electron chi connectivity index (χ2n) is 3.11. The highest BCUT2D eigenvalue weighted by Gasteiger charge is 2.06. The van der Waals surface area contributed by atoms with E-state index in [0.29, 0.717) is 11.0 Å². The largest absolute Gasteiger partial charge is 0.368 e. The van der Waals surface area contributed by atoms with Crippen molar-refractivity contribution in [2.45, 2.75) is 25.0 Å². The van der Waals surface area contributed by atoms with E-state index in [1.807, 2.05) is 13.8 Å². The van der Waals surface area contributed by atoms with Crippen molar-refractivity contribution in [1.29, 1.82) is 0 Å². The number of hydrogen-bond acceptors (Lipinski definition) is 4. The number of nitrogens with zero attached hydrogens (tertiary/aromatic N) is 2. The summed E-state index contributed by atoms with van der Waals surface area (Å²) < 4.78 is 11.1. The van der Waals surface area contributed by atoms with Gasteiger partial charge in [-0.1, -0.05) is 11.6 Å². The molecule has 0 amide bonds. The van der Waals surface area contributed by atoms with Crippen molar-refractivity contribution >= 4 is 28.2 Å². The highest BCUT2D eigenvalue weighted by atomic mass is 35.5. The zero-order chi connectivity index (χ0) is 10.7. The summed E-state index contributed by atoms with van der Waals surface area (Å²) in [6.45, 7) is 3.97. The summed E-state index contributed by atoms with van der Waals surface area (Å²) in [5.41, 5.74) is 0. The van der Waals surface area contributed by atoms with Crippen LogP contribution in [0.25, 0.3) is 0 Å². The van der Waals surface area contributed by atoms with Gasteiger partial charge in [0.15, 0.2) is 0 Å². The molecule has 0 aromatic carbocycles. The van der Waals surface area contributed by atoms with Crippen LogP contribution in [0, 0.1) is 0 Å². The molecule has 0 aliphatic rings. The Morgan fingerprint density at radius 1 is 1.50 bits per heavy atom. The van der Waals surface area contributed by atoms with Crippen LogP contribution in [0.5, 0.6) is 0 Å². The molecule has 1 aromatic heterocycles. The molecule has 6 heteroatoms. The first-order valence-electron chi connectivity index (χ1n) is 4.13. The fourth-order valence-corrected chi connectivity index (χ4v) is 1.58. The molecule has 0 spiro atoms. The molecule has 0 aliphatic carbocycles. The normalized spacial score (nSPS) is 12.9. The Bertz CT molecular complexity index is 356. The monoisotopic (exact) mass is 233 g/mol. The molecule has 0 saturated heterocycles. The Balaban J connectivity index is 3.01. The first-order chi connectivity index (χ1) is 6.49. The third-order valence-electron chi connectivity index (χ3n) is 1.37. The van der Waals surface area contributed by atoms with E-state index in [4.69, 9.17) is 11.6 Å². The molecule has 78 valence electrons. The molecular formula is C8H12ClN3OS. The number of rotatable bonds is 3. The van der Waals surface area contributed by atoms with Gasteiger partial charge in [-0.3, -0.25) is 4.21 Å². The second-order valence-corrected chi connectivity index (χ2v) is 4.77. The minimum atomic E-state index is -1.21. The molecule has 0 aliphatic heterocycles. The van der Waals surface area contributed by atoms with Crippen LogP contribution < -0.4 is 5.32 Å². The standard InChI is InChI=1S/C8H12ClN3OS/c1-5(2)10-7-4-6(9)11-8(12-7)14(3)13/h4-5H,1-3H3,(H,10,11,12). The molecule has 1 heterocycles. The molecule has 0 fully saturated rings. The van der Waals surface area contributed by atoms with E-state index >= 15 is 0 Å². The Kier molecular flexibility index (Phi) is 3.83. The molecule has 0 saturated carbocycles. The lowest BCUT2D eigenvalue weighted by Crippen LogP contribution is -2.12. The van der Waals surface area contributed by atoms with Crippen LogP contribution >= 0.6 is 11.6 Å². The summed E-state index contributed by atoms with van der Waals surface area (Å²) in [4.78, 5) is 7.92. The van der Waals surface area contributed by atoms with Gasteiger partial charge in [0.1, 0.15) is 11.0 Å². The first kappa shape index (κ1) is 11.4. The van der Waals surface area contributed by atoms with Gasteiger partial charge in [0.05, 0.1) is 10.8 Å². The van der Waals surface area contributed by atoms with E-state index in [0.717, 1.165) is 0 Å². The van der Waals surface area contributed by atoms with Gasteiger partial charge in [-0.15, -0.1) is 0 Å². The minimum Gasteiger partial charge on any atom is -0.368 e. The van der Waals surface area contributed by atoms with Crippen LogP contribution in [-0.2, 0) is 10.8 Å². The van der Waals surface area contributed by atoms with Crippen molar-refractivity contribution < 1.29 is 4.21 Å². The fourth-order valence-electron chi connectivity index (χ4n) is 0.895. The fraction of sp³-hybridized carbons (Fsp3) is 0.500. The molecule has 1 aromatic rings. The molecular weight excluding hydrogens is 222 g/mol. The van der Waals surface area contributed by atoms with Gasteiger partial charge in [0.25, 0.3) is 0 Å². The maximum absolute atomic E-state index is 11.1. The molecule has 1 N–H and O–H groups in total. The summed E-state index contributed by atoms with van der Waals surface area (Å²) in [7, 11) is -1.21. The summed E-state index contributed by atoms with van der Waals surface area (Å²) in [5.74, 6) is 0.602. The average Bonchev–Trinajstić information content (AvgIpc) is 2.01. The van der Waals surface area contributed by atoms with Gasteiger partial charge < -0.3 is 5.32 Å². The van der Waals surface area contributed by atoms with Crippen LogP contribution in [0.2, 0.25) is 5.15 Å². The number of anilines is 1. The molecule has 4 nitrogen and oxygen atoms in total. The van der Waals surface area contributed by atoms with Crippen LogP contribution in [0.1, 0.15) is 13.8 Å². The number of nitrogens with one attached hydrogen (secondary N) is 1. The van der Waals surface area contributed by atoms with Gasteiger partial charge in [-0.25, -0.2) is 9.97 Å². The Morgan fingerprint density at radius 3 is 2.64 bits per heavy atom. The van der Waals surface area contributed by atoms with E-state index < -0.39 is 10.8 Å². The van der Waals surface area contributed by atoms with Crippen LogP contribution in [0.15, 0.2) is 11.2 Å². The van der Waals surface area contributed by atoms with Crippen molar-refractivity contribution in [1.82, 2.24) is 9.97 Å². The van der Waals surface area contributed by atoms with Crippen molar-refractivity contribution in [3.63, 3.8) is 0 Å². The first-order valence-corrected chi connectivity index (χ1v) is 6.07. The summed E-state index contributed by atoms with van der Waals surface area (Å²) >= 11 is 5.75. The topological polar surface area (TPSA) is 54.9 Å². The molecule has 0 bridgehead atoms. The van der Waals surface area contributed by atoms with E-state index in [1.165, 1.54) is 6.26 Å². The van der Waals surface area contributed by atoms with Crippen molar-refractivity contribution in [3.05, 3.63) is 11.2 Å². The molecule has 14 heavy (non-hydrogen) atoms. The number of halogens is 1. The number of aromatic nitrogens is 2. The lowest BCUT2D eigenvalue weighted by Gasteiger charge is -2.09. The average molecular weight is 234 g/mol. The van der Waals surface area contributed by atoms with Gasteiger partial charge >= 0.3 is 0 Å². The smallest absolute Gasteiger partial charge is 0.221 e. The Labute approximate surface area is 90.6 Å². The Morgan fingerprint density at radius 2 is 2.14 bits per heavy atom. The van der Waals surface area contributed by atoms with Gasteiger partial charge in [-0.05, 0) is 13.8 Å². The lowest BCUT2D eigenvalue weighted by molar-refractivity contribution is 0.679. The summed E-state index contributed by atoms with van der Waals surface area (Å²) in [6.07, 6.45) is 1.52. The minimum absolute atomic E-state index is 0.249. The summed E-state index contributed by atoms with van der Waals surface area (Å²) in [5, 5.41) is 3.62. The lowest BCUT2D eigenvalue weighted by atomic mass is 10.4. The van der Waals surface area contributed by atoms with Crippen LogP contribution in [0.3, 0.4) is 0 Å². The zero-order valence-electron chi connectivity index (χ0n) is 8.24. The third-order valence-corrected chi connectivity index (χ3v) is 2.26. The molecule has 1 rings (SSSR count). The quantitative estimate of drug-likeness (QED) is 0.638. The van der Waals surface area contributed by atoms with Gasteiger partial charge in [0.2, 0.25) is 5.16 Å². The number of hydrogen-bond donors (Lipinski definition) is 1. The van der Waals surface area contributed by atoms with Crippen molar-refractivity contribution in [2.75, 3.05) is 11.6 Å². The van der Waals surface area contributed by atoms with Crippen molar-refractivity contribution in [3.8, 4) is 0 Å². The molecule has 1 atom stereocenters. The maximum atomic E-state index is 11.1. The van der Waals surface area contributed by atoms with E-state index in [2.05, 4.69) is 15.3 Å². The maximum Gasteiger partial charge on any atom is 0.221 e. The Hall–Kier alpha value is -0.680. The van der Waals surface area contributed by atoms with E-state index in [1.54, 1.807) is 6.07 Å². The van der Waals surface area contributed by atoms with Gasteiger partial charge in [0, 0.05) is 18.4 Å². The summed E-state index contributed by atoms with van der Waals surface area (Å²) in [6, 6.07) is 1.86. The van der Waals surface area contributed by atoms with Crippen LogP contribution in [0.4, 0.5) is 5.82 Å². The van der Waals surface area contributed by atoms with Gasteiger partial charge in [-0.2, -0.15) is 0 Å². The SMILES string of the molecule is CC(C)Nc1cc(Cl)nc(S(C)=O)n1. The predicted octanol–water partition coefficient (Wildman–Crippen LogP) is 1.69. The second kappa shape index (κ2) is 4.70. The third kappa shape index (κ3) is 3.23. The van der Waals surface area contributed by atoms with Crippen molar-refractivity contribution in [2.24, 2.45) is 0 Å².